The molecular formula is C12H9ClS. The molecule has 1 aliphatic rings. The molecule has 1 heterocycles. The minimum Gasteiger partial charge on any atom is -0.144 e. The van der Waals surface area contributed by atoms with Crippen molar-refractivity contribution in [1.29, 1.82) is 0 Å². The molecule has 0 aliphatic heterocycles. The van der Waals surface area contributed by atoms with E-state index in [-0.39, 0.29) is 0 Å². The molecular weight excluding hydrogens is 212 g/mol. The maximum absolute atomic E-state index is 6.18. The monoisotopic (exact) mass is 220 g/mol. The number of hydrogen-bond donors (Lipinski definition) is 0. The van der Waals surface area contributed by atoms with Gasteiger partial charge in [-0.3, -0.25) is 0 Å². The van der Waals surface area contributed by atoms with Gasteiger partial charge in [0, 0.05) is 9.90 Å². The van der Waals surface area contributed by atoms with Gasteiger partial charge in [-0.2, -0.15) is 0 Å². The first-order valence-corrected chi connectivity index (χ1v) is 5.96. The third-order valence-electron chi connectivity index (χ3n) is 2.75. The van der Waals surface area contributed by atoms with E-state index in [0.29, 0.717) is 0 Å². The van der Waals surface area contributed by atoms with E-state index in [1.807, 2.05) is 23.5 Å². The largest absolute Gasteiger partial charge is 0.144 e. The van der Waals surface area contributed by atoms with E-state index in [1.165, 1.54) is 21.6 Å². The average Bonchev–Trinajstić information content (AvgIpc) is 2.66. The van der Waals surface area contributed by atoms with Crippen LogP contribution >= 0.6 is 22.9 Å². The summed E-state index contributed by atoms with van der Waals surface area (Å²) in [7, 11) is 0. The standard InChI is InChI=1S/C12H9ClS/c13-11-3-1-2-10-9(11)5-4-8-6-7-14-12(8)10/h1-3,6-7H,4-5H2. The lowest BCUT2D eigenvalue weighted by molar-refractivity contribution is 0.950. The Bertz CT molecular complexity index is 485. The van der Waals surface area contributed by atoms with E-state index in [2.05, 4.69) is 17.5 Å². The zero-order chi connectivity index (χ0) is 9.54. The fourth-order valence-corrected chi connectivity index (χ4v) is 3.33. The highest BCUT2D eigenvalue weighted by atomic mass is 35.5. The van der Waals surface area contributed by atoms with Crippen molar-refractivity contribution in [2.75, 3.05) is 0 Å². The number of rotatable bonds is 0. The van der Waals surface area contributed by atoms with Crippen LogP contribution in [-0.2, 0) is 12.8 Å². The molecule has 0 saturated carbocycles. The Kier molecular flexibility index (Phi) is 1.89. The molecule has 14 heavy (non-hydrogen) atoms. The molecule has 2 aromatic rings. The van der Waals surface area contributed by atoms with Crippen LogP contribution in [0.25, 0.3) is 10.4 Å². The van der Waals surface area contributed by atoms with Crippen LogP contribution in [0.4, 0.5) is 0 Å². The summed E-state index contributed by atoms with van der Waals surface area (Å²) in [6.45, 7) is 0. The van der Waals surface area contributed by atoms with Gasteiger partial charge in [0.05, 0.1) is 0 Å². The predicted molar refractivity (Wildman–Crippen MR) is 62.2 cm³/mol. The maximum Gasteiger partial charge on any atom is 0.0444 e. The highest BCUT2D eigenvalue weighted by Crippen LogP contribution is 2.39. The van der Waals surface area contributed by atoms with Crippen LogP contribution in [0, 0.1) is 0 Å². The summed E-state index contributed by atoms with van der Waals surface area (Å²) >= 11 is 8.00. The number of aryl methyl sites for hydroxylation is 1. The molecule has 3 rings (SSSR count). The van der Waals surface area contributed by atoms with Crippen molar-refractivity contribution in [3.05, 3.63) is 45.8 Å². The van der Waals surface area contributed by atoms with Crippen LogP contribution in [0.5, 0.6) is 0 Å². The smallest absolute Gasteiger partial charge is 0.0444 e. The molecule has 1 aromatic heterocycles. The molecule has 0 N–H and O–H groups in total. The van der Waals surface area contributed by atoms with Crippen molar-refractivity contribution < 1.29 is 0 Å². The maximum atomic E-state index is 6.18. The van der Waals surface area contributed by atoms with E-state index >= 15 is 0 Å². The Morgan fingerprint density at radius 1 is 1.14 bits per heavy atom. The minimum atomic E-state index is 0.918. The molecule has 0 unspecified atom stereocenters. The van der Waals surface area contributed by atoms with Crippen molar-refractivity contribution >= 4 is 22.9 Å². The highest BCUT2D eigenvalue weighted by molar-refractivity contribution is 7.13. The van der Waals surface area contributed by atoms with Crippen molar-refractivity contribution in [2.24, 2.45) is 0 Å². The van der Waals surface area contributed by atoms with E-state index in [9.17, 15) is 0 Å². The van der Waals surface area contributed by atoms with Crippen LogP contribution in [0.15, 0.2) is 29.6 Å². The third kappa shape index (κ3) is 1.13. The van der Waals surface area contributed by atoms with Crippen LogP contribution in [0.2, 0.25) is 5.02 Å². The van der Waals surface area contributed by atoms with Gasteiger partial charge in [-0.1, -0.05) is 23.7 Å². The number of hydrogen-bond acceptors (Lipinski definition) is 1. The van der Waals surface area contributed by atoms with Gasteiger partial charge in [0.15, 0.2) is 0 Å². The van der Waals surface area contributed by atoms with Crippen LogP contribution in [0.1, 0.15) is 11.1 Å². The van der Waals surface area contributed by atoms with Crippen molar-refractivity contribution in [2.45, 2.75) is 12.8 Å². The summed E-state index contributed by atoms with van der Waals surface area (Å²) < 4.78 is 0. The zero-order valence-electron chi connectivity index (χ0n) is 7.59. The van der Waals surface area contributed by atoms with Gasteiger partial charge in [-0.25, -0.2) is 0 Å². The van der Waals surface area contributed by atoms with Crippen molar-refractivity contribution in [1.82, 2.24) is 0 Å². The van der Waals surface area contributed by atoms with Crippen molar-refractivity contribution in [3.63, 3.8) is 0 Å². The summed E-state index contributed by atoms with van der Waals surface area (Å²) in [5.74, 6) is 0. The Morgan fingerprint density at radius 2 is 2.07 bits per heavy atom. The molecule has 70 valence electrons. The Labute approximate surface area is 92.2 Å². The lowest BCUT2D eigenvalue weighted by Gasteiger charge is -2.17. The summed E-state index contributed by atoms with van der Waals surface area (Å²) in [4.78, 5) is 1.41. The van der Waals surface area contributed by atoms with Gasteiger partial charge in [-0.15, -0.1) is 11.3 Å². The number of thiophene rings is 1. The fourth-order valence-electron chi connectivity index (χ4n) is 2.05. The molecule has 0 nitrogen and oxygen atoms in total. The second kappa shape index (κ2) is 3.11. The molecule has 0 saturated heterocycles. The average molecular weight is 221 g/mol. The van der Waals surface area contributed by atoms with E-state index in [4.69, 9.17) is 11.6 Å². The van der Waals surface area contributed by atoms with E-state index in [0.717, 1.165) is 17.9 Å². The van der Waals surface area contributed by atoms with E-state index < -0.39 is 0 Å². The summed E-state index contributed by atoms with van der Waals surface area (Å²) in [5, 5.41) is 3.09. The predicted octanol–water partition coefficient (Wildman–Crippen LogP) is 4.17. The first-order valence-electron chi connectivity index (χ1n) is 4.70. The highest BCUT2D eigenvalue weighted by Gasteiger charge is 2.18. The molecule has 0 spiro atoms. The van der Waals surface area contributed by atoms with Gasteiger partial charge < -0.3 is 0 Å². The number of fused-ring (bicyclic) bond motifs is 3. The SMILES string of the molecule is Clc1cccc2c1CCc1ccsc1-2. The normalized spacial score (nSPS) is 13.5. The molecule has 2 heteroatoms. The zero-order valence-corrected chi connectivity index (χ0v) is 9.16. The molecule has 0 radical (unpaired) electrons. The van der Waals surface area contributed by atoms with Gasteiger partial charge in [-0.05, 0) is 47.0 Å². The van der Waals surface area contributed by atoms with E-state index in [1.54, 1.807) is 0 Å². The first kappa shape index (κ1) is 8.51. The summed E-state index contributed by atoms with van der Waals surface area (Å²) in [6.07, 6.45) is 2.22. The lowest BCUT2D eigenvalue weighted by atomic mass is 9.92. The first-order chi connectivity index (χ1) is 6.86. The Hall–Kier alpha value is -0.790. The van der Waals surface area contributed by atoms with Crippen LogP contribution in [-0.4, -0.2) is 0 Å². The van der Waals surface area contributed by atoms with Gasteiger partial charge in [0.2, 0.25) is 0 Å². The van der Waals surface area contributed by atoms with Crippen molar-refractivity contribution in [3.8, 4) is 10.4 Å². The number of benzene rings is 1. The second-order valence-electron chi connectivity index (χ2n) is 3.54. The molecule has 0 fully saturated rings. The fraction of sp³-hybridized carbons (Fsp3) is 0.167. The van der Waals surface area contributed by atoms with Crippen LogP contribution in [0.3, 0.4) is 0 Å². The topological polar surface area (TPSA) is 0 Å². The second-order valence-corrected chi connectivity index (χ2v) is 4.86. The molecule has 0 bridgehead atoms. The number of halogens is 1. The van der Waals surface area contributed by atoms with Gasteiger partial charge in [0.1, 0.15) is 0 Å². The Balaban J connectivity index is 2.31. The minimum absolute atomic E-state index is 0.918. The van der Waals surface area contributed by atoms with Gasteiger partial charge >= 0.3 is 0 Å². The quantitative estimate of drug-likeness (QED) is 0.625. The van der Waals surface area contributed by atoms with Gasteiger partial charge in [0.25, 0.3) is 0 Å². The third-order valence-corrected chi connectivity index (χ3v) is 4.10. The summed E-state index contributed by atoms with van der Waals surface area (Å²) in [6, 6.07) is 8.43. The lowest BCUT2D eigenvalue weighted by Crippen LogP contribution is -2.01. The Morgan fingerprint density at radius 3 is 3.00 bits per heavy atom. The summed E-state index contributed by atoms with van der Waals surface area (Å²) in [5.41, 5.74) is 4.14. The molecule has 0 amide bonds. The molecule has 1 aromatic carbocycles. The molecule has 0 atom stereocenters. The van der Waals surface area contributed by atoms with Crippen LogP contribution < -0.4 is 0 Å². The molecule has 1 aliphatic carbocycles.